The maximum absolute atomic E-state index is 13.0. The third-order valence-corrected chi connectivity index (χ3v) is 10.4. The van der Waals surface area contributed by atoms with Crippen molar-refractivity contribution in [3.63, 3.8) is 0 Å². The predicted molar refractivity (Wildman–Crippen MR) is 245 cm³/mol. The minimum Gasteiger partial charge on any atom is -0.508 e. The molecule has 0 aliphatic carbocycles. The summed E-state index contributed by atoms with van der Waals surface area (Å²) >= 11 is 1.38. The Balaban J connectivity index is 0.000000292. The number of ether oxygens (including phenoxy) is 2. The number of amides is 3. The van der Waals surface area contributed by atoms with Crippen LogP contribution in [-0.2, 0) is 31.9 Å². The van der Waals surface area contributed by atoms with E-state index in [-0.39, 0.29) is 36.1 Å². The summed E-state index contributed by atoms with van der Waals surface area (Å²) in [5, 5.41) is 36.6. The van der Waals surface area contributed by atoms with Crippen molar-refractivity contribution in [2.24, 2.45) is 5.73 Å². The minimum absolute atomic E-state index is 0.0732. The number of nitrogens with two attached hydrogens (primary N) is 1. The number of hydrogen-bond acceptors (Lipinski definition) is 17. The molecule has 5 rings (SSSR count). The molecule has 0 radical (unpaired) electrons. The van der Waals surface area contributed by atoms with E-state index in [0.29, 0.717) is 58.9 Å². The molecule has 9 N–H and O–H groups in total. The zero-order valence-corrected chi connectivity index (χ0v) is 38.0. The van der Waals surface area contributed by atoms with E-state index in [0.717, 1.165) is 36.8 Å². The molecular formula is C45H56N10O9S. The van der Waals surface area contributed by atoms with Gasteiger partial charge in [0.25, 0.3) is 17.7 Å². The second-order valence-corrected chi connectivity index (χ2v) is 15.4. The molecule has 0 unspecified atom stereocenters. The second kappa shape index (κ2) is 25.2. The Kier molecular flexibility index (Phi) is 19.6. The summed E-state index contributed by atoms with van der Waals surface area (Å²) in [4.78, 5) is 79.1. The number of rotatable bonds is 20. The van der Waals surface area contributed by atoms with Gasteiger partial charge >= 0.3 is 11.9 Å². The number of aryl methyl sites for hydroxylation is 6. The van der Waals surface area contributed by atoms with Crippen molar-refractivity contribution in [2.75, 3.05) is 51.0 Å². The second-order valence-electron chi connectivity index (χ2n) is 14.6. The number of phenols is 2. The maximum atomic E-state index is 13.0. The number of aromatic hydroxyl groups is 2. The van der Waals surface area contributed by atoms with Crippen molar-refractivity contribution in [2.45, 2.75) is 65.5 Å². The highest BCUT2D eigenvalue weighted by molar-refractivity contribution is 7.08. The molecule has 0 spiro atoms. The lowest BCUT2D eigenvalue weighted by atomic mass is 10.1. The molecule has 0 fully saturated rings. The van der Waals surface area contributed by atoms with E-state index in [4.69, 9.17) is 10.5 Å². The third-order valence-electron chi connectivity index (χ3n) is 9.74. The molecule has 3 amide bonds. The number of benzene rings is 2. The quantitative estimate of drug-likeness (QED) is 0.0408. The van der Waals surface area contributed by atoms with Gasteiger partial charge in [-0.2, -0.15) is 11.3 Å². The highest BCUT2D eigenvalue weighted by atomic mass is 32.1. The van der Waals surface area contributed by atoms with Crippen LogP contribution in [0.1, 0.15) is 77.8 Å². The summed E-state index contributed by atoms with van der Waals surface area (Å²) in [6.45, 7) is 7.82. The number of carbonyl (C=O) groups is 5. The van der Waals surface area contributed by atoms with Gasteiger partial charge in [-0.1, -0.05) is 24.3 Å². The van der Waals surface area contributed by atoms with E-state index in [9.17, 15) is 34.2 Å². The van der Waals surface area contributed by atoms with Crippen LogP contribution in [0.5, 0.6) is 11.5 Å². The molecular weight excluding hydrogens is 857 g/mol. The van der Waals surface area contributed by atoms with Crippen molar-refractivity contribution in [3.05, 3.63) is 116 Å². The molecule has 0 aliphatic rings. The average molecular weight is 913 g/mol. The Labute approximate surface area is 381 Å². The summed E-state index contributed by atoms with van der Waals surface area (Å²) in [5.41, 5.74) is 10.5. The Morgan fingerprint density at radius 1 is 0.662 bits per heavy atom. The van der Waals surface area contributed by atoms with E-state index < -0.39 is 35.8 Å². The van der Waals surface area contributed by atoms with Crippen molar-refractivity contribution in [1.82, 2.24) is 35.9 Å². The molecule has 2 aromatic carbocycles. The molecule has 3 heterocycles. The number of aromatic nitrogens is 4. The zero-order valence-electron chi connectivity index (χ0n) is 37.2. The largest absolute Gasteiger partial charge is 0.508 e. The first-order valence-electron chi connectivity index (χ1n) is 20.7. The van der Waals surface area contributed by atoms with Gasteiger partial charge in [-0.25, -0.2) is 29.5 Å². The number of thiophene rings is 1. The Morgan fingerprint density at radius 3 is 1.51 bits per heavy atom. The van der Waals surface area contributed by atoms with Crippen LogP contribution >= 0.6 is 11.3 Å². The molecule has 65 heavy (non-hydrogen) atoms. The minimum atomic E-state index is -1.08. The van der Waals surface area contributed by atoms with Gasteiger partial charge in [0.05, 0.1) is 48.1 Å². The zero-order chi connectivity index (χ0) is 47.5. The molecule has 0 saturated carbocycles. The number of phenolic OH excluding ortho intramolecular Hbond substituents is 2. The van der Waals surface area contributed by atoms with Crippen molar-refractivity contribution < 1.29 is 43.7 Å². The lowest BCUT2D eigenvalue weighted by molar-refractivity contribution is -0.143. The lowest BCUT2D eigenvalue weighted by Gasteiger charge is -2.18. The van der Waals surface area contributed by atoms with Crippen LogP contribution in [0, 0.1) is 27.7 Å². The number of anilines is 2. The number of nitrogens with one attached hydrogen (secondary N) is 5. The number of esters is 2. The first kappa shape index (κ1) is 50.5. The molecule has 5 aromatic rings. The number of hydrogen-bond donors (Lipinski definition) is 8. The molecule has 19 nitrogen and oxygen atoms in total. The first-order valence-corrected chi connectivity index (χ1v) is 21.6. The van der Waals surface area contributed by atoms with E-state index in [1.807, 2.05) is 18.2 Å². The summed E-state index contributed by atoms with van der Waals surface area (Å²) in [5.74, 6) is -1.35. The fourth-order valence-electron chi connectivity index (χ4n) is 6.50. The number of nitrogens with zero attached hydrogens (tertiary/aromatic N) is 4. The van der Waals surface area contributed by atoms with Crippen LogP contribution in [-0.4, -0.2) is 112 Å². The standard InChI is InChI=1S/C25H29N5O5S.C20H27N5O4/c1-15-21(16(2)29-25(28-15)26-10-5-7-17-6-4-8-19(31)12-17)23(33)30-20(24(34)35-3)13-27-22(32)18-9-11-36-14-18;1-12-17(18(27)25-16(11-21)19(28)29-3)13(2)24-20(23-12)22-9-5-7-14-6-4-8-15(26)10-14/h4,6,8-9,11-12,14,20,31H,5,7,10,13H2,1-3H3,(H,27,32)(H,30,33)(H,26,28,29);4,6,8,10,16,26H,5,7,9,11,21H2,1-3H3,(H,25,27)(H,22,23,24)/t20-;16-/m00/s1. The van der Waals surface area contributed by atoms with Crippen molar-refractivity contribution in [1.29, 1.82) is 0 Å². The Morgan fingerprint density at radius 2 is 1.11 bits per heavy atom. The Bertz CT molecular complexity index is 2370. The van der Waals surface area contributed by atoms with E-state index in [2.05, 4.69) is 51.3 Å². The normalized spacial score (nSPS) is 11.5. The van der Waals surface area contributed by atoms with E-state index in [1.54, 1.807) is 74.9 Å². The number of carbonyl (C=O) groups excluding carboxylic acids is 5. The van der Waals surface area contributed by atoms with Crippen LogP contribution in [0.15, 0.2) is 65.4 Å². The van der Waals surface area contributed by atoms with E-state index in [1.165, 1.54) is 25.6 Å². The summed E-state index contributed by atoms with van der Waals surface area (Å²) in [6, 6.07) is 13.9. The number of methoxy groups -OCH3 is 2. The molecule has 0 aliphatic heterocycles. The average Bonchev–Trinajstić information content (AvgIpc) is 3.82. The van der Waals surface area contributed by atoms with Gasteiger partial charge < -0.3 is 52.0 Å². The van der Waals surface area contributed by atoms with Crippen LogP contribution in [0.25, 0.3) is 0 Å². The fourth-order valence-corrected chi connectivity index (χ4v) is 7.14. The van der Waals surface area contributed by atoms with Gasteiger partial charge in [0.1, 0.15) is 23.6 Å². The third kappa shape index (κ3) is 15.5. The molecule has 346 valence electrons. The fraction of sp³-hybridized carbons (Fsp3) is 0.356. The van der Waals surface area contributed by atoms with Gasteiger partial charge in [-0.3, -0.25) is 14.4 Å². The Hall–Kier alpha value is -7.19. The van der Waals surface area contributed by atoms with Crippen LogP contribution < -0.4 is 32.3 Å². The molecule has 20 heteroatoms. The first-order chi connectivity index (χ1) is 31.1. The van der Waals surface area contributed by atoms with Crippen molar-refractivity contribution >= 4 is 52.9 Å². The highest BCUT2D eigenvalue weighted by Gasteiger charge is 2.26. The molecule has 3 aromatic heterocycles. The van der Waals surface area contributed by atoms with Gasteiger partial charge in [0.15, 0.2) is 0 Å². The molecule has 0 bridgehead atoms. The van der Waals surface area contributed by atoms with Crippen molar-refractivity contribution in [3.8, 4) is 11.5 Å². The van der Waals surface area contributed by atoms with Crippen LogP contribution in [0.3, 0.4) is 0 Å². The van der Waals surface area contributed by atoms with Gasteiger partial charge in [0, 0.05) is 37.1 Å². The van der Waals surface area contributed by atoms with Gasteiger partial charge in [0.2, 0.25) is 11.9 Å². The highest BCUT2D eigenvalue weighted by Crippen LogP contribution is 2.17. The summed E-state index contributed by atoms with van der Waals surface area (Å²) < 4.78 is 9.41. The SMILES string of the molecule is COC(=O)[C@H](CN)NC(=O)c1c(C)nc(NCCCc2cccc(O)c2)nc1C.COC(=O)[C@H](CNC(=O)c1ccsc1)NC(=O)c1c(C)nc(NCCCc2cccc(O)c2)nc1C. The monoisotopic (exact) mass is 912 g/mol. The molecule has 2 atom stereocenters. The maximum Gasteiger partial charge on any atom is 0.330 e. The topological polar surface area (TPSA) is 282 Å². The summed E-state index contributed by atoms with van der Waals surface area (Å²) in [7, 11) is 2.44. The summed E-state index contributed by atoms with van der Waals surface area (Å²) in [6.07, 6.45) is 3.20. The van der Waals surface area contributed by atoms with E-state index >= 15 is 0 Å². The lowest BCUT2D eigenvalue weighted by Crippen LogP contribution is -2.49. The van der Waals surface area contributed by atoms with Crippen LogP contribution in [0.2, 0.25) is 0 Å². The van der Waals surface area contributed by atoms with Gasteiger partial charge in [-0.15, -0.1) is 0 Å². The smallest absolute Gasteiger partial charge is 0.330 e. The van der Waals surface area contributed by atoms with Gasteiger partial charge in [-0.05, 0) is 100 Å². The molecule has 0 saturated heterocycles. The predicted octanol–water partition coefficient (Wildman–Crippen LogP) is 3.68. The van der Waals surface area contributed by atoms with Crippen LogP contribution in [0.4, 0.5) is 11.9 Å².